The van der Waals surface area contributed by atoms with E-state index in [9.17, 15) is 0 Å². The van der Waals surface area contributed by atoms with E-state index in [0.717, 1.165) is 34.1 Å². The van der Waals surface area contributed by atoms with Gasteiger partial charge in [-0.3, -0.25) is 0 Å². The highest BCUT2D eigenvalue weighted by Gasteiger charge is 2.34. The average Bonchev–Trinajstić information content (AvgIpc) is 2.73. The fourth-order valence-corrected chi connectivity index (χ4v) is 3.99. The van der Waals surface area contributed by atoms with Gasteiger partial charge in [-0.15, -0.1) is 6.42 Å². The summed E-state index contributed by atoms with van der Waals surface area (Å²) in [6.45, 7) is 5.20. The van der Waals surface area contributed by atoms with Crippen LogP contribution in [0.4, 0.5) is 11.4 Å². The van der Waals surface area contributed by atoms with Crippen molar-refractivity contribution in [3.05, 3.63) is 102 Å². The summed E-state index contributed by atoms with van der Waals surface area (Å²) in [7, 11) is 0. The molecule has 3 aromatic rings. The van der Waals surface area contributed by atoms with Crippen LogP contribution in [0, 0.1) is 18.3 Å². The first-order valence-electron chi connectivity index (χ1n) is 9.01. The molecule has 0 amide bonds. The minimum Gasteiger partial charge on any atom is -0.341 e. The number of nitrogens with zero attached hydrogens (tertiary/aromatic N) is 1. The first kappa shape index (κ1) is 17.5. The van der Waals surface area contributed by atoms with E-state index >= 15 is 0 Å². The predicted octanol–water partition coefficient (Wildman–Crippen LogP) is 6.54. The van der Waals surface area contributed by atoms with Crippen molar-refractivity contribution in [1.29, 1.82) is 0 Å². The number of fused-ring (bicyclic) bond motifs is 1. The van der Waals surface area contributed by atoms with Crippen LogP contribution in [0.15, 0.2) is 85.4 Å². The maximum Gasteiger partial charge on any atom is 0.0555 e. The van der Waals surface area contributed by atoms with Crippen molar-refractivity contribution in [2.75, 3.05) is 11.4 Å². The summed E-state index contributed by atoms with van der Waals surface area (Å²) in [6.07, 6.45) is 6.00. The monoisotopic (exact) mass is 369 g/mol. The van der Waals surface area contributed by atoms with Gasteiger partial charge in [-0.05, 0) is 47.0 Å². The van der Waals surface area contributed by atoms with Crippen molar-refractivity contribution in [2.24, 2.45) is 5.92 Å². The molecule has 1 heterocycles. The zero-order valence-corrected chi connectivity index (χ0v) is 15.7. The van der Waals surface area contributed by atoms with Gasteiger partial charge in [0.05, 0.1) is 5.92 Å². The van der Waals surface area contributed by atoms with Gasteiger partial charge in [0, 0.05) is 28.9 Å². The van der Waals surface area contributed by atoms with Crippen LogP contribution in [0.1, 0.15) is 17.0 Å². The smallest absolute Gasteiger partial charge is 0.0555 e. The van der Waals surface area contributed by atoms with Crippen LogP contribution in [0.25, 0.3) is 5.57 Å². The molecule has 4 rings (SSSR count). The lowest BCUT2D eigenvalue weighted by Crippen LogP contribution is -2.35. The van der Waals surface area contributed by atoms with Gasteiger partial charge in [0.25, 0.3) is 0 Å². The lowest BCUT2D eigenvalue weighted by molar-refractivity contribution is 0.590. The normalized spacial score (nSPS) is 18.4. The molecule has 0 saturated carbocycles. The molecule has 2 atom stereocenters. The topological polar surface area (TPSA) is 3.24 Å². The SMILES string of the molecule is C#C[C@@H]1c2ccccc2N(c2ccc(Cl)cc2)C[C@@H]1C(=C)c1ccccc1. The molecule has 1 aliphatic rings. The molecule has 0 unspecified atom stereocenters. The molecule has 0 fully saturated rings. The fourth-order valence-electron chi connectivity index (χ4n) is 3.86. The third kappa shape index (κ3) is 3.25. The second kappa shape index (κ2) is 7.35. The molecule has 0 aromatic heterocycles. The van der Waals surface area contributed by atoms with Gasteiger partial charge in [0.2, 0.25) is 0 Å². The average molecular weight is 370 g/mol. The number of anilines is 2. The van der Waals surface area contributed by atoms with Crippen LogP contribution in [0.5, 0.6) is 0 Å². The molecule has 3 aromatic carbocycles. The second-order valence-electron chi connectivity index (χ2n) is 6.79. The molecule has 0 spiro atoms. The van der Waals surface area contributed by atoms with Gasteiger partial charge >= 0.3 is 0 Å². The first-order chi connectivity index (χ1) is 13.2. The van der Waals surface area contributed by atoms with Crippen molar-refractivity contribution in [3.8, 4) is 12.3 Å². The molecular weight excluding hydrogens is 350 g/mol. The molecule has 1 aliphatic heterocycles. The second-order valence-corrected chi connectivity index (χ2v) is 7.22. The minimum absolute atomic E-state index is 0.00236. The predicted molar refractivity (Wildman–Crippen MR) is 115 cm³/mol. The zero-order chi connectivity index (χ0) is 18.8. The summed E-state index contributed by atoms with van der Waals surface area (Å²) in [6, 6.07) is 26.6. The van der Waals surface area contributed by atoms with E-state index in [1.165, 1.54) is 5.56 Å². The van der Waals surface area contributed by atoms with E-state index in [-0.39, 0.29) is 11.8 Å². The molecule has 0 radical (unpaired) electrons. The first-order valence-corrected chi connectivity index (χ1v) is 9.39. The number of para-hydroxylation sites is 1. The van der Waals surface area contributed by atoms with E-state index in [4.69, 9.17) is 18.0 Å². The summed E-state index contributed by atoms with van der Waals surface area (Å²) in [5, 5.41) is 0.732. The summed E-state index contributed by atoms with van der Waals surface area (Å²) in [4.78, 5) is 2.32. The van der Waals surface area contributed by atoms with Crippen molar-refractivity contribution < 1.29 is 0 Å². The third-order valence-electron chi connectivity index (χ3n) is 5.25. The molecule has 0 aliphatic carbocycles. The molecule has 2 heteroatoms. The lowest BCUT2D eigenvalue weighted by Gasteiger charge is -2.40. The number of hydrogen-bond donors (Lipinski definition) is 0. The Morgan fingerprint density at radius 2 is 1.63 bits per heavy atom. The Morgan fingerprint density at radius 1 is 0.963 bits per heavy atom. The highest BCUT2D eigenvalue weighted by molar-refractivity contribution is 6.30. The van der Waals surface area contributed by atoms with Gasteiger partial charge < -0.3 is 4.90 Å². The maximum absolute atomic E-state index is 6.10. The molecule has 27 heavy (non-hydrogen) atoms. The standard InChI is InChI=1S/C25H20ClN/c1-3-22-23-11-7-8-12-25(23)27(21-15-13-20(26)14-16-21)17-24(22)18(2)19-9-5-4-6-10-19/h1,4-16,22,24H,2,17H2/t22-,24-/m1/s1. The summed E-state index contributed by atoms with van der Waals surface area (Å²) in [5.41, 5.74) is 5.64. The lowest BCUT2D eigenvalue weighted by atomic mass is 9.76. The molecule has 0 bridgehead atoms. The van der Waals surface area contributed by atoms with Gasteiger partial charge in [0.15, 0.2) is 0 Å². The van der Waals surface area contributed by atoms with Crippen molar-refractivity contribution >= 4 is 28.5 Å². The Kier molecular flexibility index (Phi) is 4.75. The van der Waals surface area contributed by atoms with Gasteiger partial charge in [-0.2, -0.15) is 0 Å². The Bertz CT molecular complexity index is 998. The number of hydrogen-bond acceptors (Lipinski definition) is 1. The van der Waals surface area contributed by atoms with Crippen molar-refractivity contribution in [3.63, 3.8) is 0 Å². The molecule has 0 saturated heterocycles. The minimum atomic E-state index is -0.00236. The number of rotatable bonds is 3. The molecule has 132 valence electrons. The zero-order valence-electron chi connectivity index (χ0n) is 15.0. The van der Waals surface area contributed by atoms with Gasteiger partial charge in [-0.25, -0.2) is 0 Å². The Hall–Kier alpha value is -2.95. The van der Waals surface area contributed by atoms with Crippen LogP contribution in [-0.2, 0) is 0 Å². The number of halogens is 1. The van der Waals surface area contributed by atoms with Gasteiger partial charge in [0.1, 0.15) is 0 Å². The largest absolute Gasteiger partial charge is 0.341 e. The van der Waals surface area contributed by atoms with Crippen molar-refractivity contribution in [2.45, 2.75) is 5.92 Å². The number of benzene rings is 3. The van der Waals surface area contributed by atoms with E-state index < -0.39 is 0 Å². The van der Waals surface area contributed by atoms with E-state index in [2.05, 4.69) is 65.9 Å². The van der Waals surface area contributed by atoms with Crippen LogP contribution in [-0.4, -0.2) is 6.54 Å². The summed E-state index contributed by atoms with van der Waals surface area (Å²) >= 11 is 6.10. The van der Waals surface area contributed by atoms with Crippen LogP contribution < -0.4 is 4.90 Å². The van der Waals surface area contributed by atoms with Crippen LogP contribution in [0.3, 0.4) is 0 Å². The fraction of sp³-hybridized carbons (Fsp3) is 0.120. The molecular formula is C25H20ClN. The third-order valence-corrected chi connectivity index (χ3v) is 5.51. The Morgan fingerprint density at radius 3 is 2.33 bits per heavy atom. The van der Waals surface area contributed by atoms with Crippen molar-refractivity contribution in [1.82, 2.24) is 0 Å². The van der Waals surface area contributed by atoms with E-state index in [1.54, 1.807) is 0 Å². The maximum atomic E-state index is 6.10. The van der Waals surface area contributed by atoms with Crippen LogP contribution >= 0.6 is 11.6 Å². The summed E-state index contributed by atoms with van der Waals surface area (Å²) < 4.78 is 0. The van der Waals surface area contributed by atoms with Crippen LogP contribution in [0.2, 0.25) is 5.02 Å². The highest BCUT2D eigenvalue weighted by Crippen LogP contribution is 2.46. The highest BCUT2D eigenvalue weighted by atomic mass is 35.5. The quantitative estimate of drug-likeness (QED) is 0.474. The molecule has 0 N–H and O–H groups in total. The summed E-state index contributed by atoms with van der Waals surface area (Å²) in [5.74, 6) is 3.16. The Balaban J connectivity index is 1.81. The van der Waals surface area contributed by atoms with E-state index in [1.807, 2.05) is 30.3 Å². The Labute approximate surface area is 165 Å². The molecule has 1 nitrogen and oxygen atoms in total. The van der Waals surface area contributed by atoms with E-state index in [0.29, 0.717) is 0 Å². The van der Waals surface area contributed by atoms with Gasteiger partial charge in [-0.1, -0.05) is 72.6 Å². The number of terminal acetylenes is 1.